The summed E-state index contributed by atoms with van der Waals surface area (Å²) in [5.74, 6) is 6.86. The van der Waals surface area contributed by atoms with Gasteiger partial charge < -0.3 is 18.3 Å². The van der Waals surface area contributed by atoms with Crippen LogP contribution in [0.5, 0.6) is 0 Å². The van der Waals surface area contributed by atoms with Crippen LogP contribution in [0.4, 0.5) is 0 Å². The van der Waals surface area contributed by atoms with Crippen molar-refractivity contribution in [2.45, 2.75) is 133 Å². The van der Waals surface area contributed by atoms with E-state index in [-0.39, 0.29) is 91.3 Å². The Morgan fingerprint density at radius 3 is 0.870 bits per heavy atom. The monoisotopic (exact) mass is 2620 g/mol. The second-order valence-electron chi connectivity index (χ2n) is 38.3. The van der Waals surface area contributed by atoms with Gasteiger partial charge in [0, 0.05) is 125 Å². The van der Waals surface area contributed by atoms with Crippen molar-refractivity contribution < 1.29 is 80.4 Å². The van der Waals surface area contributed by atoms with E-state index in [4.69, 9.17) is 40.8 Å². The summed E-state index contributed by atoms with van der Waals surface area (Å²) < 4.78 is 8.87. The molecule has 0 saturated heterocycles. The summed E-state index contributed by atoms with van der Waals surface area (Å²) in [7, 11) is 0. The van der Waals surface area contributed by atoms with Crippen molar-refractivity contribution in [3.63, 3.8) is 0 Å². The summed E-state index contributed by atoms with van der Waals surface area (Å²) in [4.78, 5) is 0. The normalized spacial score (nSPS) is 11.0. The van der Waals surface area contributed by atoms with Gasteiger partial charge in [0.1, 0.15) is 0 Å². The van der Waals surface area contributed by atoms with Gasteiger partial charge in [-0.3, -0.25) is 0 Å². The largest absolute Gasteiger partial charge is 0.316 e. The third-order valence-corrected chi connectivity index (χ3v) is 26.2. The van der Waals surface area contributed by atoms with E-state index >= 15 is 0 Å². The van der Waals surface area contributed by atoms with Crippen LogP contribution in [0.15, 0.2) is 400 Å². The quantitative estimate of drug-likeness (QED) is 0.0692. The molecule has 0 fully saturated rings. The predicted octanol–water partition coefficient (Wildman–Crippen LogP) is 32.3. The van der Waals surface area contributed by atoms with Gasteiger partial charge >= 0.3 is 0 Å². The molecule has 0 aliphatic carbocycles. The topological polar surface area (TPSA) is 123 Å². The van der Waals surface area contributed by atoms with Gasteiger partial charge in [0.25, 0.3) is 0 Å². The Balaban J connectivity index is 0.000000153. The second-order valence-corrected chi connectivity index (χ2v) is 38.3. The van der Waals surface area contributed by atoms with Gasteiger partial charge in [0.15, 0.2) is 23.3 Å². The van der Waals surface area contributed by atoms with Gasteiger partial charge in [0.05, 0.1) is 23.3 Å². The van der Waals surface area contributed by atoms with Crippen LogP contribution in [-0.2, 0) is 104 Å². The third-order valence-electron chi connectivity index (χ3n) is 26.2. The first-order valence-corrected chi connectivity index (χ1v) is 49.0. The first-order chi connectivity index (χ1) is 69.1. The average Bonchev–Trinajstić information content (AvgIpc) is 1.61. The molecular formula is C130H116Ir4N12-4. The van der Waals surface area contributed by atoms with Gasteiger partial charge in [-0.15, -0.1) is 163 Å². The number of hydrogen-bond donors (Lipinski definition) is 0. The van der Waals surface area contributed by atoms with Gasteiger partial charge in [-0.1, -0.05) is 366 Å². The summed E-state index contributed by atoms with van der Waals surface area (Å²) >= 11 is 0. The van der Waals surface area contributed by atoms with Crippen LogP contribution in [0, 0.1) is 58.9 Å². The molecule has 16 heteroatoms. The molecule has 146 heavy (non-hydrogen) atoms. The maximum atomic E-state index is 4.82. The van der Waals surface area contributed by atoms with Crippen molar-refractivity contribution in [3.8, 4) is 169 Å². The Labute approximate surface area is 914 Å². The Morgan fingerprint density at radius 1 is 0.233 bits per heavy atom. The Kier molecular flexibility index (Phi) is 35.9. The molecule has 0 spiro atoms. The minimum absolute atomic E-state index is 0. The number of hydrogen-bond acceptors (Lipinski definition) is 8. The fraction of sp³-hybridized carbons (Fsp3) is 0.154. The zero-order valence-electron chi connectivity index (χ0n) is 84.8. The summed E-state index contributed by atoms with van der Waals surface area (Å²) in [5, 5.41) is 38.1. The summed E-state index contributed by atoms with van der Waals surface area (Å²) in [6.07, 6.45) is 1.86. The smallest absolute Gasteiger partial charge is 0.160 e. The Morgan fingerprint density at radius 2 is 0.521 bits per heavy atom. The second kappa shape index (κ2) is 48.7. The van der Waals surface area contributed by atoms with Crippen LogP contribution in [-0.4, -0.2) is 59.1 Å². The van der Waals surface area contributed by atoms with Crippen LogP contribution in [0.1, 0.15) is 131 Å². The molecule has 0 N–H and O–H groups in total. The third kappa shape index (κ3) is 23.5. The number of aryl methyl sites for hydroxylation is 7. The number of benzene rings is 17. The molecule has 4 radical (unpaired) electrons. The van der Waals surface area contributed by atoms with Gasteiger partial charge in [-0.05, 0) is 182 Å². The minimum Gasteiger partial charge on any atom is -0.316 e. The molecule has 17 aromatic carbocycles. The fourth-order valence-corrected chi connectivity index (χ4v) is 18.8. The van der Waals surface area contributed by atoms with Gasteiger partial charge in [-0.25, -0.2) is 0 Å². The van der Waals surface area contributed by atoms with Crippen molar-refractivity contribution in [2.75, 3.05) is 0 Å². The molecule has 0 saturated carbocycles. The predicted molar refractivity (Wildman–Crippen MR) is 585 cm³/mol. The molecule has 21 aromatic rings. The van der Waals surface area contributed by atoms with Crippen LogP contribution in [0.3, 0.4) is 0 Å². The van der Waals surface area contributed by atoms with E-state index in [1.807, 2.05) is 103 Å². The number of para-hydroxylation sites is 2. The van der Waals surface area contributed by atoms with E-state index in [1.54, 1.807) is 0 Å². The SMILES string of the molecule is CC(C)c1cc(-n2c(-c3[c-]cccc3)nnc2-c2ccccc2-c2ccccc2)cc(C(C)(C)C)c1.CCc1cccc(CC)c1-n1c(-c2[c-]cccc2)nnc1-c1ccccc1-c1ccccc1.Cc1cc(C(C)(C)C)cc(C)c1-n1c(-c2[c-]cccc2)nnc1-c1ccccc1-c1ccccc1.Cc1ccccc1-c1cc[c-]c(-c2nnc(-c3ccccc3-c3ccccc3)n2-c2c(C)cccc2C)c1.[Ir].[Ir].[Ir].[Ir]. The average molecular weight is 2620 g/mol. The van der Waals surface area contributed by atoms with Crippen LogP contribution < -0.4 is 0 Å². The molecular weight excluding hydrogens is 2500 g/mol. The fourth-order valence-electron chi connectivity index (χ4n) is 18.8. The van der Waals surface area contributed by atoms with E-state index in [0.717, 1.165) is 171 Å². The molecule has 0 bridgehead atoms. The van der Waals surface area contributed by atoms with E-state index in [9.17, 15) is 0 Å². The minimum atomic E-state index is 0. The molecule has 4 aromatic heterocycles. The molecule has 0 unspecified atom stereocenters. The van der Waals surface area contributed by atoms with Crippen LogP contribution in [0.25, 0.3) is 169 Å². The molecule has 4 heterocycles. The van der Waals surface area contributed by atoms with Crippen molar-refractivity contribution >= 4 is 0 Å². The van der Waals surface area contributed by atoms with Crippen molar-refractivity contribution in [1.82, 2.24) is 59.1 Å². The number of nitrogens with zero attached hydrogens (tertiary/aromatic N) is 12. The zero-order valence-corrected chi connectivity index (χ0v) is 94.4. The van der Waals surface area contributed by atoms with E-state index < -0.39 is 0 Å². The van der Waals surface area contributed by atoms with Gasteiger partial charge in [-0.2, -0.15) is 20.4 Å². The van der Waals surface area contributed by atoms with E-state index in [1.165, 1.54) is 66.9 Å². The van der Waals surface area contributed by atoms with Crippen molar-refractivity contribution in [2.24, 2.45) is 0 Å². The molecule has 21 rings (SSSR count). The van der Waals surface area contributed by atoms with E-state index in [0.29, 0.717) is 5.92 Å². The number of rotatable bonds is 20. The molecule has 0 aliphatic heterocycles. The summed E-state index contributed by atoms with van der Waals surface area (Å²) in [5.41, 5.74) is 36.3. The zero-order chi connectivity index (χ0) is 98.5. The maximum absolute atomic E-state index is 4.82. The van der Waals surface area contributed by atoms with Crippen LogP contribution >= 0.6 is 0 Å². The standard InChI is InChI=1S/C35H28N3.C33H32N3.C32H30N3.C30H26N3.4Ir/c1-24-13-7-8-20-30(24)28-18-12-19-29(23-28)34-36-37-35(38(34)33-25(2)14-11-15-26(33)3)32-22-10-9-21-31(32)27-16-5-4-6-17-27;1-23(2)26-20-27(33(3,4)5)22-28(21-26)36-31(25-16-10-7-11-17-25)34-35-32(36)30-19-13-12-18-29(30)24-14-8-6-9-15-24;1-22-20-26(32(3,4)5)21-23(2)29(22)35-30(25-16-10-7-11-17-25)33-34-31(35)28-19-13-12-18-27(28)24-14-8-6-9-15-24;1-3-22-18-13-19-23(4-2)28(22)33-29(25-16-9-6-10-17-25)31-32-30(33)27-21-12-11-20-26(27)24-14-7-5-8-15-24;;;;/h4-18,20-23H,1-3H3;6-16,18-23H,1-5H3;6-16,18-21H,1-5H3;5-16,18-21H,3-4H2,1-2H3;;;;/q4*-1;;;;. The summed E-state index contributed by atoms with van der Waals surface area (Å²) in [6, 6.07) is 152. The molecule has 0 aliphatic rings. The van der Waals surface area contributed by atoms with Crippen molar-refractivity contribution in [1.29, 1.82) is 0 Å². The maximum Gasteiger partial charge on any atom is 0.160 e. The van der Waals surface area contributed by atoms with Gasteiger partial charge in [0.2, 0.25) is 0 Å². The Hall–Kier alpha value is -14.1. The first kappa shape index (κ1) is 108. The molecule has 0 atom stereocenters. The molecule has 736 valence electrons. The molecule has 0 amide bonds. The summed E-state index contributed by atoms with van der Waals surface area (Å²) in [6.45, 7) is 33.3. The van der Waals surface area contributed by atoms with Crippen LogP contribution in [0.2, 0.25) is 0 Å². The van der Waals surface area contributed by atoms with E-state index in [2.05, 4.69) is 444 Å². The first-order valence-electron chi connectivity index (χ1n) is 49.0. The molecule has 12 nitrogen and oxygen atoms in total. The van der Waals surface area contributed by atoms with Crippen molar-refractivity contribution in [3.05, 3.63) is 480 Å². The Bertz CT molecular complexity index is 7890. The number of aromatic nitrogens is 12.